The second-order valence-electron chi connectivity index (χ2n) is 4.40. The van der Waals surface area contributed by atoms with Crippen LogP contribution in [0.1, 0.15) is 18.7 Å². The van der Waals surface area contributed by atoms with Gasteiger partial charge in [-0.25, -0.2) is 4.98 Å². The van der Waals surface area contributed by atoms with Gasteiger partial charge in [-0.05, 0) is 31.0 Å². The zero-order valence-corrected chi connectivity index (χ0v) is 11.1. The van der Waals surface area contributed by atoms with Gasteiger partial charge in [-0.3, -0.25) is 0 Å². The molecule has 0 amide bonds. The third kappa shape index (κ3) is 2.69. The summed E-state index contributed by atoms with van der Waals surface area (Å²) in [5, 5.41) is 4.59. The molecule has 3 nitrogen and oxygen atoms in total. The molecule has 0 spiro atoms. The first kappa shape index (κ1) is 12.0. The van der Waals surface area contributed by atoms with Crippen LogP contribution in [-0.4, -0.2) is 11.0 Å². The molecule has 1 heterocycles. The summed E-state index contributed by atoms with van der Waals surface area (Å²) in [7, 11) is 0. The molecule has 5 heteroatoms. The molecule has 0 saturated heterocycles. The average Bonchev–Trinajstić information content (AvgIpc) is 3.08. The van der Waals surface area contributed by atoms with Gasteiger partial charge >= 0.3 is 0 Å². The average molecular weight is 283 g/mol. The third-order valence-electron chi connectivity index (χ3n) is 2.87. The van der Waals surface area contributed by atoms with Crippen LogP contribution >= 0.6 is 23.2 Å². The number of nitrogens with zero attached hydrogens (tertiary/aromatic N) is 1. The Morgan fingerprint density at radius 1 is 1.33 bits per heavy atom. The maximum Gasteiger partial charge on any atom is 0.208 e. The highest BCUT2D eigenvalue weighted by atomic mass is 35.5. The van der Waals surface area contributed by atoms with Crippen LogP contribution in [0.5, 0.6) is 0 Å². The molecule has 2 aromatic rings. The fourth-order valence-electron chi connectivity index (χ4n) is 1.72. The van der Waals surface area contributed by atoms with Gasteiger partial charge in [0.15, 0.2) is 5.76 Å². The molecule has 0 bridgehead atoms. The minimum Gasteiger partial charge on any atom is -0.439 e. The Hall–Kier alpha value is -1.03. The number of benzene rings is 1. The van der Waals surface area contributed by atoms with Crippen molar-refractivity contribution >= 4 is 23.2 Å². The topological polar surface area (TPSA) is 38.1 Å². The Kier molecular flexibility index (Phi) is 3.29. The lowest BCUT2D eigenvalue weighted by atomic mass is 10.2. The summed E-state index contributed by atoms with van der Waals surface area (Å²) in [5.41, 5.74) is 0.773. The van der Waals surface area contributed by atoms with Crippen LogP contribution in [0.3, 0.4) is 0 Å². The number of halogens is 2. The van der Waals surface area contributed by atoms with Gasteiger partial charge in [0.1, 0.15) is 0 Å². The predicted molar refractivity (Wildman–Crippen MR) is 71.8 cm³/mol. The zero-order valence-electron chi connectivity index (χ0n) is 9.62. The van der Waals surface area contributed by atoms with E-state index in [0.717, 1.165) is 5.56 Å². The monoisotopic (exact) mass is 282 g/mol. The zero-order chi connectivity index (χ0) is 12.5. The number of aromatic nitrogens is 1. The van der Waals surface area contributed by atoms with E-state index >= 15 is 0 Å². The lowest BCUT2D eigenvalue weighted by Gasteiger charge is -2.01. The highest BCUT2D eigenvalue weighted by Crippen LogP contribution is 2.31. The molecule has 1 aromatic heterocycles. The summed E-state index contributed by atoms with van der Waals surface area (Å²) in [6.45, 7) is 0.656. The lowest BCUT2D eigenvalue weighted by molar-refractivity contribution is 0.477. The highest BCUT2D eigenvalue weighted by molar-refractivity contribution is 6.35. The smallest absolute Gasteiger partial charge is 0.208 e. The molecular weight excluding hydrogens is 271 g/mol. The molecule has 1 fully saturated rings. The van der Waals surface area contributed by atoms with Crippen molar-refractivity contribution in [2.45, 2.75) is 25.4 Å². The van der Waals surface area contributed by atoms with Gasteiger partial charge in [0.2, 0.25) is 5.89 Å². The maximum absolute atomic E-state index is 6.12. The lowest BCUT2D eigenvalue weighted by Crippen LogP contribution is -2.15. The Balaban J connectivity index is 1.80. The van der Waals surface area contributed by atoms with Gasteiger partial charge in [-0.15, -0.1) is 0 Å². The van der Waals surface area contributed by atoms with Crippen molar-refractivity contribution in [3.8, 4) is 11.3 Å². The molecule has 1 aromatic carbocycles. The second-order valence-corrected chi connectivity index (χ2v) is 5.24. The van der Waals surface area contributed by atoms with Crippen LogP contribution in [-0.2, 0) is 6.54 Å². The summed E-state index contributed by atoms with van der Waals surface area (Å²) in [6.07, 6.45) is 4.17. The number of oxazole rings is 1. The maximum atomic E-state index is 6.12. The van der Waals surface area contributed by atoms with Gasteiger partial charge in [-0.1, -0.05) is 23.2 Å². The Morgan fingerprint density at radius 2 is 2.17 bits per heavy atom. The van der Waals surface area contributed by atoms with Crippen LogP contribution < -0.4 is 5.32 Å². The summed E-state index contributed by atoms with van der Waals surface area (Å²) < 4.78 is 5.67. The van der Waals surface area contributed by atoms with Crippen molar-refractivity contribution in [2.24, 2.45) is 0 Å². The summed E-state index contributed by atoms with van der Waals surface area (Å²) in [5.74, 6) is 1.32. The van der Waals surface area contributed by atoms with Gasteiger partial charge in [-0.2, -0.15) is 0 Å². The number of hydrogen-bond donors (Lipinski definition) is 1. The Morgan fingerprint density at radius 3 is 2.94 bits per heavy atom. The van der Waals surface area contributed by atoms with Crippen molar-refractivity contribution < 1.29 is 4.42 Å². The van der Waals surface area contributed by atoms with Crippen molar-refractivity contribution in [3.05, 3.63) is 40.3 Å². The number of rotatable bonds is 4. The molecule has 1 aliphatic carbocycles. The van der Waals surface area contributed by atoms with Gasteiger partial charge in [0, 0.05) is 16.6 Å². The number of nitrogens with one attached hydrogen (secondary N) is 1. The van der Waals surface area contributed by atoms with Crippen LogP contribution in [0.25, 0.3) is 11.3 Å². The van der Waals surface area contributed by atoms with E-state index in [2.05, 4.69) is 10.3 Å². The van der Waals surface area contributed by atoms with E-state index in [1.54, 1.807) is 24.4 Å². The molecule has 0 atom stereocenters. The first-order valence-electron chi connectivity index (χ1n) is 5.86. The summed E-state index contributed by atoms with van der Waals surface area (Å²) in [6, 6.07) is 5.92. The van der Waals surface area contributed by atoms with Crippen molar-refractivity contribution in [2.75, 3.05) is 0 Å². The predicted octanol–water partition coefficient (Wildman–Crippen LogP) is 3.90. The van der Waals surface area contributed by atoms with Gasteiger partial charge in [0.05, 0.1) is 17.8 Å². The molecule has 1 saturated carbocycles. The van der Waals surface area contributed by atoms with Crippen molar-refractivity contribution in [1.82, 2.24) is 10.3 Å². The van der Waals surface area contributed by atoms with E-state index in [4.69, 9.17) is 27.6 Å². The molecule has 1 aliphatic rings. The second kappa shape index (κ2) is 4.92. The Labute approximate surface area is 115 Å². The molecule has 94 valence electrons. The summed E-state index contributed by atoms with van der Waals surface area (Å²) in [4.78, 5) is 4.23. The van der Waals surface area contributed by atoms with Crippen LogP contribution in [0.2, 0.25) is 10.0 Å². The fraction of sp³-hybridized carbons (Fsp3) is 0.308. The van der Waals surface area contributed by atoms with Crippen molar-refractivity contribution in [3.63, 3.8) is 0 Å². The van der Waals surface area contributed by atoms with Crippen LogP contribution in [0, 0.1) is 0 Å². The molecule has 0 radical (unpaired) electrons. The third-order valence-corrected chi connectivity index (χ3v) is 3.43. The largest absolute Gasteiger partial charge is 0.439 e. The molecular formula is C13H12Cl2N2O. The minimum atomic E-state index is 0.609. The van der Waals surface area contributed by atoms with Crippen molar-refractivity contribution in [1.29, 1.82) is 0 Å². The summed E-state index contributed by atoms with van der Waals surface area (Å²) >= 11 is 12.1. The van der Waals surface area contributed by atoms with Gasteiger partial charge in [0.25, 0.3) is 0 Å². The Bertz CT molecular complexity index is 564. The standard InChI is InChI=1S/C13H12Cl2N2O/c14-8-1-4-11(15)10(5-8)12-6-17-13(18-12)7-16-9-2-3-9/h1,4-6,9,16H,2-3,7H2. The van der Waals surface area contributed by atoms with E-state index in [-0.39, 0.29) is 0 Å². The van der Waals surface area contributed by atoms with E-state index in [1.165, 1.54) is 12.8 Å². The van der Waals surface area contributed by atoms with Crippen LogP contribution in [0.15, 0.2) is 28.8 Å². The first-order chi connectivity index (χ1) is 8.72. The normalized spacial score (nSPS) is 15.0. The molecule has 18 heavy (non-hydrogen) atoms. The highest BCUT2D eigenvalue weighted by Gasteiger charge is 2.21. The van der Waals surface area contributed by atoms with E-state index in [1.807, 2.05) is 0 Å². The first-order valence-corrected chi connectivity index (χ1v) is 6.61. The minimum absolute atomic E-state index is 0.609. The fourth-order valence-corrected chi connectivity index (χ4v) is 2.10. The molecule has 3 rings (SSSR count). The molecule has 1 N–H and O–H groups in total. The SMILES string of the molecule is Clc1ccc(Cl)c(-c2cnc(CNC3CC3)o2)c1. The van der Waals surface area contributed by atoms with Gasteiger partial charge < -0.3 is 9.73 Å². The van der Waals surface area contributed by atoms with E-state index in [9.17, 15) is 0 Å². The molecule has 0 unspecified atom stereocenters. The van der Waals surface area contributed by atoms with Crippen LogP contribution in [0.4, 0.5) is 0 Å². The number of hydrogen-bond acceptors (Lipinski definition) is 3. The molecule has 0 aliphatic heterocycles. The van der Waals surface area contributed by atoms with E-state index in [0.29, 0.717) is 34.3 Å². The quantitative estimate of drug-likeness (QED) is 0.924. The van der Waals surface area contributed by atoms with E-state index < -0.39 is 0 Å².